The third-order valence-electron chi connectivity index (χ3n) is 2.85. The average Bonchev–Trinajstić information content (AvgIpc) is 2.70. The third kappa shape index (κ3) is 2.67. The lowest BCUT2D eigenvalue weighted by molar-refractivity contribution is 0.483. The molecule has 0 radical (unpaired) electrons. The predicted octanol–water partition coefficient (Wildman–Crippen LogP) is 3.75. The van der Waals surface area contributed by atoms with Crippen molar-refractivity contribution in [3.05, 3.63) is 35.1 Å². The van der Waals surface area contributed by atoms with E-state index >= 15 is 0 Å². The Labute approximate surface area is 113 Å². The van der Waals surface area contributed by atoms with Crippen molar-refractivity contribution in [3.63, 3.8) is 0 Å². The van der Waals surface area contributed by atoms with Crippen LogP contribution in [0.1, 0.15) is 19.4 Å². The Bertz CT molecular complexity index is 558. The Morgan fingerprint density at radius 3 is 2.78 bits per heavy atom. The summed E-state index contributed by atoms with van der Waals surface area (Å²) in [6.45, 7) is 7.22. The normalized spacial score (nSPS) is 11.2. The van der Waals surface area contributed by atoms with Gasteiger partial charge in [0.1, 0.15) is 0 Å². The van der Waals surface area contributed by atoms with Gasteiger partial charge < -0.3 is 5.73 Å². The molecule has 2 rings (SSSR count). The van der Waals surface area contributed by atoms with E-state index in [1.165, 1.54) is 0 Å². The lowest BCUT2D eigenvalue weighted by Gasteiger charge is -2.06. The summed E-state index contributed by atoms with van der Waals surface area (Å²) in [5.74, 6) is 0.571. The summed E-state index contributed by atoms with van der Waals surface area (Å²) < 4.78 is 1.95. The highest BCUT2D eigenvalue weighted by Crippen LogP contribution is 2.31. The van der Waals surface area contributed by atoms with E-state index in [2.05, 4.69) is 18.9 Å². The number of halogens is 1. The number of nitrogen functional groups attached to an aromatic ring is 1. The molecule has 1 aromatic carbocycles. The fourth-order valence-corrected chi connectivity index (χ4v) is 2.18. The van der Waals surface area contributed by atoms with E-state index in [1.807, 2.05) is 30.1 Å². The highest BCUT2D eigenvalue weighted by Gasteiger charge is 2.09. The number of nitrogens with zero attached hydrogens (tertiary/aromatic N) is 2. The molecule has 0 aliphatic rings. The maximum atomic E-state index is 6.23. The fraction of sp³-hybridized carbons (Fsp3) is 0.357. The number of benzene rings is 1. The minimum Gasteiger partial charge on any atom is -0.398 e. The van der Waals surface area contributed by atoms with Crippen molar-refractivity contribution in [1.82, 2.24) is 9.78 Å². The Morgan fingerprint density at radius 2 is 2.11 bits per heavy atom. The van der Waals surface area contributed by atoms with E-state index in [1.54, 1.807) is 6.07 Å². The van der Waals surface area contributed by atoms with Crippen LogP contribution in [0.5, 0.6) is 0 Å². The second-order valence-electron chi connectivity index (χ2n) is 5.03. The first-order valence-electron chi connectivity index (χ1n) is 6.06. The number of aryl methyl sites for hydroxylation is 1. The van der Waals surface area contributed by atoms with Crippen LogP contribution in [0.4, 0.5) is 5.69 Å². The van der Waals surface area contributed by atoms with Crippen LogP contribution in [0.2, 0.25) is 5.02 Å². The van der Waals surface area contributed by atoms with Gasteiger partial charge >= 0.3 is 0 Å². The van der Waals surface area contributed by atoms with Crippen LogP contribution < -0.4 is 5.73 Å². The van der Waals surface area contributed by atoms with Crippen LogP contribution in [-0.4, -0.2) is 9.78 Å². The van der Waals surface area contributed by atoms with Gasteiger partial charge in [0.25, 0.3) is 0 Å². The molecule has 0 saturated heterocycles. The number of anilines is 1. The largest absolute Gasteiger partial charge is 0.398 e. The second-order valence-corrected chi connectivity index (χ2v) is 5.44. The molecule has 0 bridgehead atoms. The molecule has 3 nitrogen and oxygen atoms in total. The fourth-order valence-electron chi connectivity index (χ4n) is 1.89. The van der Waals surface area contributed by atoms with E-state index in [0.29, 0.717) is 10.9 Å². The van der Waals surface area contributed by atoms with Crippen molar-refractivity contribution in [3.8, 4) is 11.1 Å². The van der Waals surface area contributed by atoms with Crippen molar-refractivity contribution >= 4 is 17.3 Å². The molecule has 0 spiro atoms. The van der Waals surface area contributed by atoms with Crippen molar-refractivity contribution in [2.45, 2.75) is 27.3 Å². The van der Waals surface area contributed by atoms with Gasteiger partial charge in [0.05, 0.1) is 11.2 Å². The van der Waals surface area contributed by atoms with Crippen LogP contribution in [-0.2, 0) is 6.54 Å². The van der Waals surface area contributed by atoms with Gasteiger partial charge in [0.2, 0.25) is 0 Å². The number of hydrogen-bond donors (Lipinski definition) is 1. The minimum atomic E-state index is 0.571. The summed E-state index contributed by atoms with van der Waals surface area (Å²) in [4.78, 5) is 0. The summed E-state index contributed by atoms with van der Waals surface area (Å²) in [5, 5.41) is 5.02. The Hall–Kier alpha value is -1.48. The Morgan fingerprint density at radius 1 is 1.39 bits per heavy atom. The predicted molar refractivity (Wildman–Crippen MR) is 76.7 cm³/mol. The van der Waals surface area contributed by atoms with Gasteiger partial charge in [-0.25, -0.2) is 0 Å². The molecule has 0 saturated carbocycles. The van der Waals surface area contributed by atoms with Gasteiger partial charge in [-0.2, -0.15) is 5.10 Å². The molecule has 1 heterocycles. The topological polar surface area (TPSA) is 43.8 Å². The van der Waals surface area contributed by atoms with Gasteiger partial charge in [-0.15, -0.1) is 0 Å². The SMILES string of the molecule is Cc1cc(-c2cnn(CC(C)C)c2)c(Cl)cc1N. The summed E-state index contributed by atoms with van der Waals surface area (Å²) in [6, 6.07) is 3.81. The molecule has 1 aromatic heterocycles. The van der Waals surface area contributed by atoms with Gasteiger partial charge in [-0.3, -0.25) is 4.68 Å². The first-order valence-corrected chi connectivity index (χ1v) is 6.43. The van der Waals surface area contributed by atoms with Gasteiger partial charge in [-0.05, 0) is 30.5 Å². The van der Waals surface area contributed by atoms with Gasteiger partial charge in [0.15, 0.2) is 0 Å². The maximum Gasteiger partial charge on any atom is 0.0568 e. The van der Waals surface area contributed by atoms with E-state index in [9.17, 15) is 0 Å². The van der Waals surface area contributed by atoms with Crippen molar-refractivity contribution < 1.29 is 0 Å². The van der Waals surface area contributed by atoms with E-state index in [4.69, 9.17) is 17.3 Å². The number of rotatable bonds is 3. The first kappa shape index (κ1) is 13.0. The van der Waals surface area contributed by atoms with Crippen LogP contribution in [0.15, 0.2) is 24.5 Å². The molecule has 0 aliphatic heterocycles. The molecule has 18 heavy (non-hydrogen) atoms. The summed E-state index contributed by atoms with van der Waals surface area (Å²) in [5.41, 5.74) is 9.60. The zero-order chi connectivity index (χ0) is 13.3. The molecule has 4 heteroatoms. The summed E-state index contributed by atoms with van der Waals surface area (Å²) in [7, 11) is 0. The van der Waals surface area contributed by atoms with Crippen LogP contribution in [0.3, 0.4) is 0 Å². The van der Waals surface area contributed by atoms with E-state index in [-0.39, 0.29) is 0 Å². The van der Waals surface area contributed by atoms with E-state index < -0.39 is 0 Å². The second kappa shape index (κ2) is 5.02. The summed E-state index contributed by atoms with van der Waals surface area (Å²) >= 11 is 6.23. The number of hydrogen-bond acceptors (Lipinski definition) is 2. The first-order chi connectivity index (χ1) is 8.47. The standard InChI is InChI=1S/C14H18ClN3/c1-9(2)7-18-8-11(6-17-18)12-4-10(3)14(16)5-13(12)15/h4-6,8-9H,7,16H2,1-3H3. The molecule has 0 unspecified atom stereocenters. The van der Waals surface area contributed by atoms with E-state index in [0.717, 1.165) is 28.9 Å². The molecular weight excluding hydrogens is 246 g/mol. The zero-order valence-electron chi connectivity index (χ0n) is 10.9. The monoisotopic (exact) mass is 263 g/mol. The molecule has 0 fully saturated rings. The Kier molecular flexibility index (Phi) is 3.62. The maximum absolute atomic E-state index is 6.23. The molecular formula is C14H18ClN3. The summed E-state index contributed by atoms with van der Waals surface area (Å²) in [6.07, 6.45) is 3.87. The highest BCUT2D eigenvalue weighted by atomic mass is 35.5. The van der Waals surface area contributed by atoms with Crippen LogP contribution in [0.25, 0.3) is 11.1 Å². The van der Waals surface area contributed by atoms with Crippen molar-refractivity contribution in [2.24, 2.45) is 5.92 Å². The average molecular weight is 264 g/mol. The lowest BCUT2D eigenvalue weighted by atomic mass is 10.1. The van der Waals surface area contributed by atoms with Crippen LogP contribution >= 0.6 is 11.6 Å². The minimum absolute atomic E-state index is 0.571. The zero-order valence-corrected chi connectivity index (χ0v) is 11.7. The quantitative estimate of drug-likeness (QED) is 0.857. The lowest BCUT2D eigenvalue weighted by Crippen LogP contribution is -2.03. The van der Waals surface area contributed by atoms with Gasteiger partial charge in [0, 0.05) is 29.6 Å². The van der Waals surface area contributed by atoms with Gasteiger partial charge in [-0.1, -0.05) is 25.4 Å². The molecule has 2 N–H and O–H groups in total. The molecule has 0 atom stereocenters. The molecule has 0 aliphatic carbocycles. The number of aromatic nitrogens is 2. The molecule has 0 amide bonds. The molecule has 96 valence electrons. The number of nitrogens with two attached hydrogens (primary N) is 1. The Balaban J connectivity index is 2.37. The highest BCUT2D eigenvalue weighted by molar-refractivity contribution is 6.33. The van der Waals surface area contributed by atoms with Crippen molar-refractivity contribution in [1.29, 1.82) is 0 Å². The molecule has 2 aromatic rings. The smallest absolute Gasteiger partial charge is 0.0568 e. The third-order valence-corrected chi connectivity index (χ3v) is 3.16. The van der Waals surface area contributed by atoms with Crippen LogP contribution in [0, 0.1) is 12.8 Å². The van der Waals surface area contributed by atoms with Crippen molar-refractivity contribution in [2.75, 3.05) is 5.73 Å².